The quantitative estimate of drug-likeness (QED) is 0.843. The van der Waals surface area contributed by atoms with E-state index in [0.717, 1.165) is 22.8 Å². The summed E-state index contributed by atoms with van der Waals surface area (Å²) in [5, 5.41) is 3.28. The van der Waals surface area contributed by atoms with Crippen molar-refractivity contribution in [2.75, 3.05) is 5.32 Å². The summed E-state index contributed by atoms with van der Waals surface area (Å²) < 4.78 is 0. The van der Waals surface area contributed by atoms with E-state index in [4.69, 9.17) is 11.6 Å². The molecular weight excluding hydrogens is 246 g/mol. The molecule has 0 unspecified atom stereocenters. The summed E-state index contributed by atoms with van der Waals surface area (Å²) in [7, 11) is 0. The van der Waals surface area contributed by atoms with Gasteiger partial charge >= 0.3 is 0 Å². The molecule has 0 spiro atoms. The van der Waals surface area contributed by atoms with E-state index in [9.17, 15) is 0 Å². The van der Waals surface area contributed by atoms with E-state index >= 15 is 0 Å². The average Bonchev–Trinajstić information content (AvgIpc) is 2.39. The van der Waals surface area contributed by atoms with E-state index < -0.39 is 0 Å². The highest BCUT2D eigenvalue weighted by Gasteiger charge is 2.05. The van der Waals surface area contributed by atoms with Crippen molar-refractivity contribution in [1.29, 1.82) is 0 Å². The van der Waals surface area contributed by atoms with E-state index in [1.54, 1.807) is 6.33 Å². The topological polar surface area (TPSA) is 37.8 Å². The Kier molecular flexibility index (Phi) is 4.15. The van der Waals surface area contributed by atoms with Gasteiger partial charge in [0, 0.05) is 23.3 Å². The fourth-order valence-electron chi connectivity index (χ4n) is 1.65. The molecule has 94 valence electrons. The number of hydrogen-bond donors (Lipinski definition) is 1. The van der Waals surface area contributed by atoms with Gasteiger partial charge in [-0.05, 0) is 17.5 Å². The van der Waals surface area contributed by atoms with Gasteiger partial charge in [0.25, 0.3) is 0 Å². The van der Waals surface area contributed by atoms with Gasteiger partial charge in [0.2, 0.25) is 0 Å². The van der Waals surface area contributed by atoms with Crippen molar-refractivity contribution < 1.29 is 0 Å². The van der Waals surface area contributed by atoms with E-state index in [2.05, 4.69) is 29.1 Å². The lowest BCUT2D eigenvalue weighted by molar-refractivity contribution is 0.815. The molecule has 18 heavy (non-hydrogen) atoms. The molecule has 0 aliphatic carbocycles. The largest absolute Gasteiger partial charge is 0.340 e. The number of hydrogen-bond acceptors (Lipinski definition) is 3. The third kappa shape index (κ3) is 2.99. The number of nitrogens with zero attached hydrogens (tertiary/aromatic N) is 2. The number of nitrogens with one attached hydrogen (secondary N) is 1. The van der Waals surface area contributed by atoms with Gasteiger partial charge in [-0.3, -0.25) is 0 Å². The van der Waals surface area contributed by atoms with Gasteiger partial charge in [0.05, 0.1) is 0 Å². The summed E-state index contributed by atoms with van der Waals surface area (Å²) in [4.78, 5) is 8.47. The summed E-state index contributed by atoms with van der Waals surface area (Å²) in [5.41, 5.74) is 3.07. The normalized spacial score (nSPS) is 10.7. The first kappa shape index (κ1) is 12.8. The molecule has 0 saturated heterocycles. The Labute approximate surface area is 112 Å². The number of rotatable bonds is 4. The number of benzene rings is 1. The SMILES string of the molecule is CC(C)c1cc(Nc2ccccc2CCl)ncn1. The van der Waals surface area contributed by atoms with Crippen molar-refractivity contribution in [3.8, 4) is 0 Å². The van der Waals surface area contributed by atoms with Gasteiger partial charge in [-0.2, -0.15) is 0 Å². The van der Waals surface area contributed by atoms with Crippen LogP contribution in [0.3, 0.4) is 0 Å². The highest BCUT2D eigenvalue weighted by Crippen LogP contribution is 2.22. The van der Waals surface area contributed by atoms with Crippen LogP contribution < -0.4 is 5.32 Å². The van der Waals surface area contributed by atoms with Crippen LogP contribution >= 0.6 is 11.6 Å². The van der Waals surface area contributed by atoms with Crippen LogP contribution in [-0.2, 0) is 5.88 Å². The van der Waals surface area contributed by atoms with Gasteiger partial charge < -0.3 is 5.32 Å². The highest BCUT2D eigenvalue weighted by molar-refractivity contribution is 6.17. The third-order valence-corrected chi connectivity index (χ3v) is 2.99. The fourth-order valence-corrected chi connectivity index (χ4v) is 1.89. The summed E-state index contributed by atoms with van der Waals surface area (Å²) in [6.07, 6.45) is 1.58. The molecule has 0 fully saturated rings. The molecule has 0 amide bonds. The molecule has 4 heteroatoms. The molecule has 0 radical (unpaired) electrons. The molecule has 1 heterocycles. The van der Waals surface area contributed by atoms with Gasteiger partial charge in [0.15, 0.2) is 0 Å². The standard InChI is InChI=1S/C14H16ClN3/c1-10(2)13-7-14(17-9-16-13)18-12-6-4-3-5-11(12)8-15/h3-7,9-10H,8H2,1-2H3,(H,16,17,18). The molecule has 3 nitrogen and oxygen atoms in total. The molecule has 2 rings (SSSR count). The van der Waals surface area contributed by atoms with Crippen molar-refractivity contribution in [3.05, 3.63) is 47.9 Å². The smallest absolute Gasteiger partial charge is 0.134 e. The molecule has 1 N–H and O–H groups in total. The molecule has 0 aliphatic rings. The van der Waals surface area contributed by atoms with Crippen LogP contribution in [0.25, 0.3) is 0 Å². The number of alkyl halides is 1. The zero-order valence-electron chi connectivity index (χ0n) is 10.5. The summed E-state index contributed by atoms with van der Waals surface area (Å²) in [6, 6.07) is 9.91. The Balaban J connectivity index is 2.25. The Morgan fingerprint density at radius 1 is 1.22 bits per heavy atom. The van der Waals surface area contributed by atoms with Crippen molar-refractivity contribution in [2.24, 2.45) is 0 Å². The van der Waals surface area contributed by atoms with Gasteiger partial charge in [-0.1, -0.05) is 32.0 Å². The van der Waals surface area contributed by atoms with Crippen molar-refractivity contribution in [1.82, 2.24) is 9.97 Å². The van der Waals surface area contributed by atoms with E-state index in [1.807, 2.05) is 30.3 Å². The Hall–Kier alpha value is -1.61. The second kappa shape index (κ2) is 5.83. The van der Waals surface area contributed by atoms with Crippen LogP contribution in [0.5, 0.6) is 0 Å². The molecule has 2 aromatic rings. The van der Waals surface area contributed by atoms with E-state index in [-0.39, 0.29) is 0 Å². The predicted octanol–water partition coefficient (Wildman–Crippen LogP) is 4.08. The molecule has 0 saturated carbocycles. The molecule has 0 aliphatic heterocycles. The van der Waals surface area contributed by atoms with Crippen molar-refractivity contribution in [2.45, 2.75) is 25.6 Å². The number of aromatic nitrogens is 2. The minimum atomic E-state index is 0.386. The maximum atomic E-state index is 5.91. The minimum Gasteiger partial charge on any atom is -0.340 e. The second-order valence-corrected chi connectivity index (χ2v) is 4.67. The van der Waals surface area contributed by atoms with Gasteiger partial charge in [-0.25, -0.2) is 9.97 Å². The fraction of sp³-hybridized carbons (Fsp3) is 0.286. The van der Waals surface area contributed by atoms with Crippen LogP contribution in [0.4, 0.5) is 11.5 Å². The summed E-state index contributed by atoms with van der Waals surface area (Å²) in [6.45, 7) is 4.22. The maximum absolute atomic E-state index is 5.91. The summed E-state index contributed by atoms with van der Waals surface area (Å²) in [5.74, 6) is 1.66. The zero-order valence-corrected chi connectivity index (χ0v) is 11.3. The Morgan fingerprint density at radius 2 is 2.00 bits per heavy atom. The first-order valence-corrected chi connectivity index (χ1v) is 6.47. The van der Waals surface area contributed by atoms with Crippen LogP contribution in [0, 0.1) is 0 Å². The van der Waals surface area contributed by atoms with E-state index in [1.165, 1.54) is 0 Å². The lowest BCUT2D eigenvalue weighted by atomic mass is 10.1. The predicted molar refractivity (Wildman–Crippen MR) is 75.4 cm³/mol. The summed E-state index contributed by atoms with van der Waals surface area (Å²) >= 11 is 5.91. The number of para-hydroxylation sites is 1. The van der Waals surface area contributed by atoms with Crippen LogP contribution in [-0.4, -0.2) is 9.97 Å². The lowest BCUT2D eigenvalue weighted by Gasteiger charge is -2.11. The zero-order chi connectivity index (χ0) is 13.0. The van der Waals surface area contributed by atoms with Crippen LogP contribution in [0.1, 0.15) is 31.0 Å². The Morgan fingerprint density at radius 3 is 2.72 bits per heavy atom. The highest BCUT2D eigenvalue weighted by atomic mass is 35.5. The third-order valence-electron chi connectivity index (χ3n) is 2.70. The van der Waals surface area contributed by atoms with Gasteiger partial charge in [0.1, 0.15) is 12.1 Å². The Bertz CT molecular complexity index is 526. The molecule has 1 aromatic heterocycles. The second-order valence-electron chi connectivity index (χ2n) is 4.40. The van der Waals surface area contributed by atoms with Crippen molar-refractivity contribution >= 4 is 23.1 Å². The minimum absolute atomic E-state index is 0.386. The van der Waals surface area contributed by atoms with E-state index in [0.29, 0.717) is 11.8 Å². The number of halogens is 1. The van der Waals surface area contributed by atoms with Crippen LogP contribution in [0.2, 0.25) is 0 Å². The maximum Gasteiger partial charge on any atom is 0.134 e. The van der Waals surface area contributed by atoms with Crippen LogP contribution in [0.15, 0.2) is 36.7 Å². The monoisotopic (exact) mass is 261 g/mol. The molecule has 0 atom stereocenters. The molecule has 1 aromatic carbocycles. The molecule has 0 bridgehead atoms. The number of anilines is 2. The average molecular weight is 262 g/mol. The van der Waals surface area contributed by atoms with Gasteiger partial charge in [-0.15, -0.1) is 11.6 Å². The lowest BCUT2D eigenvalue weighted by Crippen LogP contribution is -2.00. The first-order valence-electron chi connectivity index (χ1n) is 5.93. The van der Waals surface area contributed by atoms with Crippen molar-refractivity contribution in [3.63, 3.8) is 0 Å². The molecular formula is C14H16ClN3. The first-order chi connectivity index (χ1) is 8.70.